The van der Waals surface area contributed by atoms with Gasteiger partial charge in [0, 0.05) is 11.3 Å². The van der Waals surface area contributed by atoms with E-state index in [4.69, 9.17) is 5.26 Å². The quantitative estimate of drug-likeness (QED) is 0.573. The monoisotopic (exact) mass is 151 g/mol. The van der Waals surface area contributed by atoms with Crippen LogP contribution in [-0.4, -0.2) is 5.78 Å². The minimum atomic E-state index is -0.268. The second-order valence-corrected chi connectivity index (χ2v) is 4.19. The molecular weight excluding hydrogens is 138 g/mol. The van der Waals surface area contributed by atoms with Crippen LogP contribution in [0.3, 0.4) is 0 Å². The molecule has 2 unspecified atom stereocenters. The van der Waals surface area contributed by atoms with Gasteiger partial charge >= 0.3 is 0 Å². The van der Waals surface area contributed by atoms with E-state index in [1.54, 1.807) is 0 Å². The largest absolute Gasteiger partial charge is 0.299 e. The summed E-state index contributed by atoms with van der Waals surface area (Å²) in [5.41, 5.74) is -0.268. The Balaban J connectivity index is 2.54. The number of nitriles is 1. The molecule has 0 aromatic heterocycles. The van der Waals surface area contributed by atoms with Crippen molar-refractivity contribution in [3.8, 4) is 6.07 Å². The summed E-state index contributed by atoms with van der Waals surface area (Å²) in [6.07, 6.45) is 0.784. The second kappa shape index (κ2) is 2.34. The first-order chi connectivity index (χ1) is 4.96. The second-order valence-electron chi connectivity index (χ2n) is 4.19. The molecule has 0 bridgehead atoms. The highest BCUT2D eigenvalue weighted by molar-refractivity contribution is 5.88. The molecule has 0 aliphatic heterocycles. The fourth-order valence-corrected chi connectivity index (χ4v) is 1.18. The minimum Gasteiger partial charge on any atom is -0.299 e. The molecule has 1 rings (SSSR count). The van der Waals surface area contributed by atoms with E-state index in [9.17, 15) is 4.79 Å². The van der Waals surface area contributed by atoms with Crippen LogP contribution < -0.4 is 0 Å². The summed E-state index contributed by atoms with van der Waals surface area (Å²) in [6, 6.07) is 2.12. The third-order valence-corrected chi connectivity index (χ3v) is 2.03. The topological polar surface area (TPSA) is 40.9 Å². The maximum absolute atomic E-state index is 11.4. The number of nitrogens with zero attached hydrogens (tertiary/aromatic N) is 1. The molecule has 1 aliphatic carbocycles. The summed E-state index contributed by atoms with van der Waals surface area (Å²) in [6.45, 7) is 5.71. The predicted molar refractivity (Wildman–Crippen MR) is 41.7 cm³/mol. The van der Waals surface area contributed by atoms with E-state index >= 15 is 0 Å². The maximum atomic E-state index is 11.4. The van der Waals surface area contributed by atoms with Crippen LogP contribution in [0.2, 0.25) is 0 Å². The van der Waals surface area contributed by atoms with Crippen LogP contribution in [0.15, 0.2) is 0 Å². The third-order valence-electron chi connectivity index (χ3n) is 2.03. The van der Waals surface area contributed by atoms with Crippen LogP contribution in [-0.2, 0) is 4.79 Å². The lowest BCUT2D eigenvalue weighted by Gasteiger charge is -2.15. The molecule has 0 heterocycles. The summed E-state index contributed by atoms with van der Waals surface area (Å²) in [5, 5.41) is 8.49. The first kappa shape index (κ1) is 8.26. The zero-order chi connectivity index (χ0) is 8.65. The average molecular weight is 151 g/mol. The first-order valence-electron chi connectivity index (χ1n) is 3.90. The van der Waals surface area contributed by atoms with Crippen LogP contribution in [0.5, 0.6) is 0 Å². The summed E-state index contributed by atoms with van der Waals surface area (Å²) in [4.78, 5) is 11.4. The zero-order valence-corrected chi connectivity index (χ0v) is 7.22. The predicted octanol–water partition coefficient (Wildman–Crippen LogP) is 1.76. The van der Waals surface area contributed by atoms with Crippen LogP contribution in [0.25, 0.3) is 0 Å². The molecule has 0 N–H and O–H groups in total. The van der Waals surface area contributed by atoms with Crippen molar-refractivity contribution < 1.29 is 4.79 Å². The number of carbonyl (C=O) groups is 1. The van der Waals surface area contributed by atoms with Crippen LogP contribution >= 0.6 is 0 Å². The van der Waals surface area contributed by atoms with Gasteiger partial charge in [0.05, 0.1) is 12.0 Å². The van der Waals surface area contributed by atoms with E-state index in [1.807, 2.05) is 20.8 Å². The van der Waals surface area contributed by atoms with E-state index in [0.29, 0.717) is 0 Å². The van der Waals surface area contributed by atoms with Gasteiger partial charge in [-0.3, -0.25) is 4.79 Å². The lowest BCUT2D eigenvalue weighted by atomic mass is 9.87. The standard InChI is InChI=1S/C9H13NO/c1-9(2,3)8(11)7-4-6(7)5-10/h6-7H,4H2,1-3H3. The minimum absolute atomic E-state index is 0.0155. The zero-order valence-electron chi connectivity index (χ0n) is 7.22. The van der Waals surface area contributed by atoms with Crippen molar-refractivity contribution in [2.45, 2.75) is 27.2 Å². The Labute approximate surface area is 67.2 Å². The van der Waals surface area contributed by atoms with Crippen molar-refractivity contribution in [2.75, 3.05) is 0 Å². The molecular formula is C9H13NO. The highest BCUT2D eigenvalue weighted by Gasteiger charge is 2.46. The molecule has 2 nitrogen and oxygen atoms in total. The van der Waals surface area contributed by atoms with Crippen molar-refractivity contribution >= 4 is 5.78 Å². The summed E-state index contributed by atoms with van der Waals surface area (Å²) >= 11 is 0. The van der Waals surface area contributed by atoms with Gasteiger partial charge in [-0.1, -0.05) is 20.8 Å². The number of hydrogen-bond donors (Lipinski definition) is 0. The van der Waals surface area contributed by atoms with Crippen LogP contribution in [0, 0.1) is 28.6 Å². The van der Waals surface area contributed by atoms with E-state index in [0.717, 1.165) is 6.42 Å². The molecule has 2 heteroatoms. The van der Waals surface area contributed by atoms with Gasteiger partial charge in [-0.25, -0.2) is 0 Å². The molecule has 2 atom stereocenters. The van der Waals surface area contributed by atoms with E-state index in [-0.39, 0.29) is 23.0 Å². The van der Waals surface area contributed by atoms with Crippen molar-refractivity contribution in [2.24, 2.45) is 17.3 Å². The summed E-state index contributed by atoms with van der Waals surface area (Å²) in [5.74, 6) is 0.297. The van der Waals surface area contributed by atoms with E-state index in [1.165, 1.54) is 0 Å². The lowest BCUT2D eigenvalue weighted by Crippen LogP contribution is -2.22. The SMILES string of the molecule is CC(C)(C)C(=O)C1CC1C#N. The van der Waals surface area contributed by atoms with Gasteiger partial charge in [0.2, 0.25) is 0 Å². The normalized spacial score (nSPS) is 29.3. The Morgan fingerprint density at radius 3 is 2.36 bits per heavy atom. The Bertz CT molecular complexity index is 219. The first-order valence-corrected chi connectivity index (χ1v) is 3.90. The van der Waals surface area contributed by atoms with Crippen molar-refractivity contribution in [3.05, 3.63) is 0 Å². The third kappa shape index (κ3) is 1.59. The molecule has 0 aromatic carbocycles. The smallest absolute Gasteiger partial charge is 0.142 e. The van der Waals surface area contributed by atoms with Gasteiger partial charge in [0.15, 0.2) is 0 Å². The van der Waals surface area contributed by atoms with Crippen molar-refractivity contribution in [3.63, 3.8) is 0 Å². The molecule has 11 heavy (non-hydrogen) atoms. The van der Waals surface area contributed by atoms with Gasteiger partial charge in [-0.2, -0.15) is 5.26 Å². The highest BCUT2D eigenvalue weighted by atomic mass is 16.1. The van der Waals surface area contributed by atoms with Crippen molar-refractivity contribution in [1.29, 1.82) is 5.26 Å². The molecule has 0 amide bonds. The maximum Gasteiger partial charge on any atom is 0.142 e. The molecule has 1 fully saturated rings. The highest BCUT2D eigenvalue weighted by Crippen LogP contribution is 2.42. The number of rotatable bonds is 1. The summed E-state index contributed by atoms with van der Waals surface area (Å²) < 4.78 is 0. The number of hydrogen-bond acceptors (Lipinski definition) is 2. The molecule has 0 aromatic rings. The Morgan fingerprint density at radius 1 is 1.55 bits per heavy atom. The molecule has 0 saturated heterocycles. The Morgan fingerprint density at radius 2 is 2.09 bits per heavy atom. The molecule has 0 radical (unpaired) electrons. The lowest BCUT2D eigenvalue weighted by molar-refractivity contribution is -0.127. The fourth-order valence-electron chi connectivity index (χ4n) is 1.18. The molecule has 1 saturated carbocycles. The molecule has 1 aliphatic rings. The number of carbonyl (C=O) groups excluding carboxylic acids is 1. The molecule has 0 spiro atoms. The van der Waals surface area contributed by atoms with Gasteiger partial charge in [0.25, 0.3) is 0 Å². The van der Waals surface area contributed by atoms with E-state index < -0.39 is 0 Å². The van der Waals surface area contributed by atoms with Crippen LogP contribution in [0.4, 0.5) is 0 Å². The van der Waals surface area contributed by atoms with Gasteiger partial charge in [0.1, 0.15) is 5.78 Å². The van der Waals surface area contributed by atoms with Crippen molar-refractivity contribution in [1.82, 2.24) is 0 Å². The number of ketones is 1. The van der Waals surface area contributed by atoms with Gasteiger partial charge in [-0.15, -0.1) is 0 Å². The van der Waals surface area contributed by atoms with Crippen LogP contribution in [0.1, 0.15) is 27.2 Å². The fraction of sp³-hybridized carbons (Fsp3) is 0.778. The van der Waals surface area contributed by atoms with Gasteiger partial charge in [-0.05, 0) is 6.42 Å². The Kier molecular flexibility index (Phi) is 1.75. The summed E-state index contributed by atoms with van der Waals surface area (Å²) in [7, 11) is 0. The van der Waals surface area contributed by atoms with Gasteiger partial charge < -0.3 is 0 Å². The average Bonchev–Trinajstić information content (AvgIpc) is 2.62. The molecule has 60 valence electrons. The number of Topliss-reactive ketones (excluding diaryl/α,β-unsaturated/α-hetero) is 1. The Hall–Kier alpha value is -0.840. The van der Waals surface area contributed by atoms with E-state index in [2.05, 4.69) is 6.07 Å².